The van der Waals surface area contributed by atoms with E-state index in [-0.39, 0.29) is 25.2 Å². The molecular weight excluding hydrogens is 372 g/mol. The molecule has 6 nitrogen and oxygen atoms in total. The Morgan fingerprint density at radius 3 is 2.59 bits per heavy atom. The van der Waals surface area contributed by atoms with Gasteiger partial charge in [-0.15, -0.1) is 0 Å². The molecule has 1 rings (SSSR count). The molecule has 0 saturated carbocycles. The van der Waals surface area contributed by atoms with Gasteiger partial charge in [0.25, 0.3) is 0 Å². The van der Waals surface area contributed by atoms with Crippen LogP contribution >= 0.6 is 0 Å². The third-order valence-electron chi connectivity index (χ3n) is 4.92. The van der Waals surface area contributed by atoms with Crippen molar-refractivity contribution in [2.75, 3.05) is 0 Å². The average molecular weight is 409 g/mol. The zero-order chi connectivity index (χ0) is 22.2. The van der Waals surface area contributed by atoms with E-state index in [4.69, 9.17) is 9.47 Å². The molecule has 0 unspecified atom stereocenters. The summed E-state index contributed by atoms with van der Waals surface area (Å²) in [6, 6.07) is 0. The summed E-state index contributed by atoms with van der Waals surface area (Å²) >= 11 is 0. The Morgan fingerprint density at radius 1 is 1.34 bits per heavy atom. The predicted molar refractivity (Wildman–Crippen MR) is 112 cm³/mol. The third-order valence-corrected chi connectivity index (χ3v) is 4.92. The summed E-state index contributed by atoms with van der Waals surface area (Å²) in [6.07, 6.45) is 7.15. The molecule has 0 aromatic carbocycles. The van der Waals surface area contributed by atoms with E-state index in [9.17, 15) is 19.8 Å². The minimum Gasteiger partial charge on any atom is -0.457 e. The highest BCUT2D eigenvalue weighted by atomic mass is 16.6. The van der Waals surface area contributed by atoms with E-state index in [0.717, 1.165) is 5.57 Å². The van der Waals surface area contributed by atoms with Crippen molar-refractivity contribution in [2.45, 2.75) is 84.7 Å². The van der Waals surface area contributed by atoms with Crippen LogP contribution in [0, 0.1) is 11.8 Å². The highest BCUT2D eigenvalue weighted by Crippen LogP contribution is 2.26. The molecule has 0 aromatic heterocycles. The third kappa shape index (κ3) is 8.96. The Bertz CT molecular complexity index is 644. The van der Waals surface area contributed by atoms with Gasteiger partial charge in [0.15, 0.2) is 0 Å². The largest absolute Gasteiger partial charge is 0.457 e. The Hall–Kier alpha value is -1.92. The van der Waals surface area contributed by atoms with Gasteiger partial charge >= 0.3 is 11.9 Å². The van der Waals surface area contributed by atoms with Crippen molar-refractivity contribution in [3.05, 3.63) is 36.0 Å². The summed E-state index contributed by atoms with van der Waals surface area (Å²) in [6.45, 7) is 10.8. The van der Waals surface area contributed by atoms with E-state index < -0.39 is 35.9 Å². The van der Waals surface area contributed by atoms with Crippen molar-refractivity contribution in [1.29, 1.82) is 0 Å². The number of carbonyl (C=O) groups is 2. The van der Waals surface area contributed by atoms with Crippen LogP contribution in [0.2, 0.25) is 0 Å². The van der Waals surface area contributed by atoms with Crippen LogP contribution in [0.4, 0.5) is 0 Å². The summed E-state index contributed by atoms with van der Waals surface area (Å²) in [5, 5.41) is 21.0. The molecule has 1 aliphatic rings. The first-order valence-corrected chi connectivity index (χ1v) is 10.2. The van der Waals surface area contributed by atoms with Gasteiger partial charge < -0.3 is 19.7 Å². The topological polar surface area (TPSA) is 93.1 Å². The zero-order valence-corrected chi connectivity index (χ0v) is 18.4. The summed E-state index contributed by atoms with van der Waals surface area (Å²) in [5.74, 6) is -0.816. The minimum absolute atomic E-state index is 0.156. The van der Waals surface area contributed by atoms with Crippen molar-refractivity contribution in [2.24, 2.45) is 11.8 Å². The zero-order valence-electron chi connectivity index (χ0n) is 18.4. The van der Waals surface area contributed by atoms with Crippen LogP contribution in [0.3, 0.4) is 0 Å². The average Bonchev–Trinajstić information content (AvgIpc) is 2.59. The highest BCUT2D eigenvalue weighted by Gasteiger charge is 2.34. The Morgan fingerprint density at radius 2 is 2.00 bits per heavy atom. The van der Waals surface area contributed by atoms with Crippen molar-refractivity contribution in [1.82, 2.24) is 0 Å². The van der Waals surface area contributed by atoms with Crippen LogP contribution in [0.5, 0.6) is 0 Å². The minimum atomic E-state index is -1.37. The van der Waals surface area contributed by atoms with E-state index in [1.54, 1.807) is 19.1 Å². The first-order valence-electron chi connectivity index (χ1n) is 10.2. The van der Waals surface area contributed by atoms with Gasteiger partial charge in [-0.2, -0.15) is 0 Å². The molecule has 0 aromatic rings. The van der Waals surface area contributed by atoms with Crippen LogP contribution < -0.4 is 0 Å². The summed E-state index contributed by atoms with van der Waals surface area (Å²) < 4.78 is 11.0. The van der Waals surface area contributed by atoms with Crippen molar-refractivity contribution >= 4 is 11.9 Å². The molecule has 0 fully saturated rings. The van der Waals surface area contributed by atoms with Crippen LogP contribution in [-0.2, 0) is 19.1 Å². The molecule has 0 aliphatic carbocycles. The van der Waals surface area contributed by atoms with Crippen LogP contribution in [0.15, 0.2) is 36.0 Å². The molecule has 2 N–H and O–H groups in total. The number of rotatable bonds is 4. The molecule has 0 amide bonds. The second-order valence-corrected chi connectivity index (χ2v) is 8.48. The van der Waals surface area contributed by atoms with Gasteiger partial charge in [-0.25, -0.2) is 0 Å². The number of esters is 2. The van der Waals surface area contributed by atoms with Crippen LogP contribution in [0.25, 0.3) is 0 Å². The van der Waals surface area contributed by atoms with E-state index >= 15 is 0 Å². The molecule has 0 spiro atoms. The fraction of sp³-hybridized carbons (Fsp3) is 0.652. The number of hydrogen-bond acceptors (Lipinski definition) is 6. The van der Waals surface area contributed by atoms with Gasteiger partial charge in [0.05, 0.1) is 12.5 Å². The lowest BCUT2D eigenvalue weighted by molar-refractivity contribution is -0.157. The number of hydrogen-bond donors (Lipinski definition) is 2. The first kappa shape index (κ1) is 25.1. The standard InChI is InChI=1S/C23H36O6/c1-15(2)8-7-9-16(3)22-17(4)10-11-20(28-18(5)24)23(6,27)13-12-19(25)14-21(26)29-22/h7-11,15,17,19-20,22,25,27H,12-14H2,1-6H3/b8-7+,11-10+,16-9+/t17-,19-,20-,22+,23-/m0/s1. The van der Waals surface area contributed by atoms with Crippen LogP contribution in [0.1, 0.15) is 60.8 Å². The lowest BCUT2D eigenvalue weighted by Gasteiger charge is -2.32. The number of aliphatic hydroxyl groups is 2. The monoisotopic (exact) mass is 408 g/mol. The molecule has 0 radical (unpaired) electrons. The lowest BCUT2D eigenvalue weighted by atomic mass is 9.88. The summed E-state index contributed by atoms with van der Waals surface area (Å²) in [7, 11) is 0. The summed E-state index contributed by atoms with van der Waals surface area (Å²) in [4.78, 5) is 23.8. The van der Waals surface area contributed by atoms with Gasteiger partial charge in [0, 0.05) is 12.8 Å². The Labute approximate surface area is 174 Å². The van der Waals surface area contributed by atoms with Crippen molar-refractivity contribution < 1.29 is 29.3 Å². The van der Waals surface area contributed by atoms with Gasteiger partial charge in [0.2, 0.25) is 0 Å². The second-order valence-electron chi connectivity index (χ2n) is 8.48. The quantitative estimate of drug-likeness (QED) is 0.420. The number of ether oxygens (including phenoxy) is 2. The molecule has 1 heterocycles. The van der Waals surface area contributed by atoms with E-state index in [1.807, 2.05) is 32.1 Å². The number of carbonyl (C=O) groups excluding carboxylic acids is 2. The number of allylic oxidation sites excluding steroid dienone is 3. The van der Waals surface area contributed by atoms with E-state index in [0.29, 0.717) is 5.92 Å². The van der Waals surface area contributed by atoms with Crippen LogP contribution in [-0.4, -0.2) is 46.1 Å². The normalized spacial score (nSPS) is 33.7. The SMILES string of the molecule is CC(=O)O[C@H]1/C=C/[C@H](C)[C@@H](/C(C)=C/C=C/C(C)C)OC(=O)C[C@@H](O)CC[C@]1(C)O. The molecule has 5 atom stereocenters. The Kier molecular flexibility index (Phi) is 9.80. The molecule has 0 bridgehead atoms. The number of aliphatic hydroxyl groups excluding tert-OH is 1. The molecule has 164 valence electrons. The van der Waals surface area contributed by atoms with Gasteiger partial charge in [0.1, 0.15) is 17.8 Å². The molecule has 29 heavy (non-hydrogen) atoms. The lowest BCUT2D eigenvalue weighted by Crippen LogP contribution is -2.42. The van der Waals surface area contributed by atoms with Gasteiger partial charge in [-0.1, -0.05) is 45.1 Å². The predicted octanol–water partition coefficient (Wildman–Crippen LogP) is 3.48. The van der Waals surface area contributed by atoms with Gasteiger partial charge in [-0.3, -0.25) is 9.59 Å². The van der Waals surface area contributed by atoms with Crippen molar-refractivity contribution in [3.8, 4) is 0 Å². The van der Waals surface area contributed by atoms with E-state index in [1.165, 1.54) is 6.92 Å². The fourth-order valence-corrected chi connectivity index (χ4v) is 3.15. The van der Waals surface area contributed by atoms with E-state index in [2.05, 4.69) is 13.8 Å². The van der Waals surface area contributed by atoms with Gasteiger partial charge in [-0.05, 0) is 44.3 Å². The molecule has 6 heteroatoms. The smallest absolute Gasteiger partial charge is 0.309 e. The highest BCUT2D eigenvalue weighted by molar-refractivity contribution is 5.70. The maximum Gasteiger partial charge on any atom is 0.309 e. The first-order chi connectivity index (χ1) is 13.4. The maximum absolute atomic E-state index is 12.3. The molecule has 1 aliphatic heterocycles. The molecular formula is C23H36O6. The second kappa shape index (κ2) is 11.3. The fourth-order valence-electron chi connectivity index (χ4n) is 3.15. The number of cyclic esters (lactones) is 1. The summed E-state index contributed by atoms with van der Waals surface area (Å²) in [5.41, 5.74) is -0.512. The maximum atomic E-state index is 12.3. The Balaban J connectivity index is 3.24. The van der Waals surface area contributed by atoms with Crippen molar-refractivity contribution in [3.63, 3.8) is 0 Å². The molecule has 0 saturated heterocycles.